The number of amides is 2. The van der Waals surface area contributed by atoms with Crippen molar-refractivity contribution in [3.05, 3.63) is 88.5 Å². The number of aryl methyl sites for hydroxylation is 3. The number of carbonyl (C=O) groups is 1. The lowest BCUT2D eigenvalue weighted by Crippen LogP contribution is -2.39. The smallest absolute Gasteiger partial charge is 0.254 e. The van der Waals surface area contributed by atoms with E-state index in [2.05, 4.69) is 92.4 Å². The van der Waals surface area contributed by atoms with Crippen molar-refractivity contribution in [3.8, 4) is 11.1 Å². The second-order valence-corrected chi connectivity index (χ2v) is 7.69. The van der Waals surface area contributed by atoms with Gasteiger partial charge in [-0.1, -0.05) is 72.3 Å². The molecule has 0 saturated carbocycles. The highest BCUT2D eigenvalue weighted by molar-refractivity contribution is 5.95. The highest BCUT2D eigenvalue weighted by Crippen LogP contribution is 2.28. The predicted molar refractivity (Wildman–Crippen MR) is 123 cm³/mol. The number of nitrogens with zero attached hydrogens (tertiary/aromatic N) is 2. The fourth-order valence-corrected chi connectivity index (χ4v) is 3.69. The number of carbonyl (C=O) groups excluding carboxylic acids is 1. The Kier molecular flexibility index (Phi) is 5.40. The van der Waals surface area contributed by atoms with Crippen LogP contribution in [0.1, 0.15) is 27.8 Å². The highest BCUT2D eigenvalue weighted by atomic mass is 16.2. The van der Waals surface area contributed by atoms with Crippen molar-refractivity contribution in [2.75, 3.05) is 12.1 Å². The van der Waals surface area contributed by atoms with Crippen molar-refractivity contribution in [2.45, 2.75) is 20.8 Å². The normalized spacial score (nSPS) is 14.5. The van der Waals surface area contributed by atoms with Gasteiger partial charge in [0.15, 0.2) is 0 Å². The molecule has 0 spiro atoms. The monoisotopic (exact) mass is 398 g/mol. The molecular weight excluding hydrogens is 372 g/mol. The van der Waals surface area contributed by atoms with Crippen LogP contribution >= 0.6 is 0 Å². The van der Waals surface area contributed by atoms with Crippen molar-refractivity contribution >= 4 is 23.9 Å². The zero-order chi connectivity index (χ0) is 21.3. The molecular formula is C25H26N4O. The van der Waals surface area contributed by atoms with E-state index < -0.39 is 0 Å². The molecule has 152 valence electrons. The third-order valence-corrected chi connectivity index (χ3v) is 5.31. The minimum absolute atomic E-state index is 0.212. The van der Waals surface area contributed by atoms with Crippen LogP contribution in [0.3, 0.4) is 0 Å². The molecule has 0 radical (unpaired) electrons. The third kappa shape index (κ3) is 3.99. The van der Waals surface area contributed by atoms with Crippen LogP contribution in [-0.2, 0) is 0 Å². The Morgan fingerprint density at radius 3 is 2.30 bits per heavy atom. The highest BCUT2D eigenvalue weighted by Gasteiger charge is 2.27. The minimum atomic E-state index is -0.212. The summed E-state index contributed by atoms with van der Waals surface area (Å²) in [4.78, 5) is 12.3. The molecule has 0 aromatic heterocycles. The molecule has 1 aliphatic rings. The van der Waals surface area contributed by atoms with E-state index in [0.29, 0.717) is 0 Å². The minimum Gasteiger partial charge on any atom is -0.254 e. The molecule has 1 saturated heterocycles. The van der Waals surface area contributed by atoms with Gasteiger partial charge in [0.2, 0.25) is 0 Å². The summed E-state index contributed by atoms with van der Waals surface area (Å²) in [7, 11) is 1.75. The first-order chi connectivity index (χ1) is 14.4. The first-order valence-electron chi connectivity index (χ1n) is 9.98. The first-order valence-corrected chi connectivity index (χ1v) is 9.98. The maximum atomic E-state index is 12.3. The maximum absolute atomic E-state index is 12.3. The topological polar surface area (TPSA) is 47.6 Å². The molecule has 0 unspecified atom stereocenters. The van der Waals surface area contributed by atoms with Crippen LogP contribution in [0.15, 0.2) is 60.7 Å². The maximum Gasteiger partial charge on any atom is 0.353 e. The third-order valence-electron chi connectivity index (χ3n) is 5.31. The Morgan fingerprint density at radius 1 is 0.833 bits per heavy atom. The lowest BCUT2D eigenvalue weighted by Gasteiger charge is -2.18. The van der Waals surface area contributed by atoms with Crippen molar-refractivity contribution in [3.63, 3.8) is 0 Å². The van der Waals surface area contributed by atoms with Crippen LogP contribution in [0.4, 0.5) is 10.5 Å². The SMILES string of the molecule is Cc1cccc(-c2ccc(/C=C/c3c(C)cccc3N3NN(C)NC3=O)c(C)c2)c1. The fraction of sp³-hybridized carbons (Fsp3) is 0.160. The van der Waals surface area contributed by atoms with Crippen molar-refractivity contribution < 1.29 is 4.79 Å². The Hall–Kier alpha value is -3.41. The summed E-state index contributed by atoms with van der Waals surface area (Å²) in [6.07, 6.45) is 4.19. The lowest BCUT2D eigenvalue weighted by atomic mass is 9.97. The summed E-state index contributed by atoms with van der Waals surface area (Å²) in [6.45, 7) is 6.29. The molecule has 1 aliphatic heterocycles. The molecule has 1 heterocycles. The number of anilines is 1. The van der Waals surface area contributed by atoms with Gasteiger partial charge in [0, 0.05) is 12.6 Å². The Labute approximate surface area is 177 Å². The van der Waals surface area contributed by atoms with E-state index in [1.807, 2.05) is 12.1 Å². The average molecular weight is 399 g/mol. The molecule has 0 bridgehead atoms. The summed E-state index contributed by atoms with van der Waals surface area (Å²) in [5.41, 5.74) is 14.7. The van der Waals surface area contributed by atoms with Crippen molar-refractivity contribution in [2.24, 2.45) is 0 Å². The van der Waals surface area contributed by atoms with E-state index in [1.165, 1.54) is 32.4 Å². The Balaban J connectivity index is 1.65. The van der Waals surface area contributed by atoms with E-state index in [1.54, 1.807) is 7.05 Å². The number of benzene rings is 3. The van der Waals surface area contributed by atoms with Gasteiger partial charge in [0.05, 0.1) is 5.69 Å². The molecule has 2 N–H and O–H groups in total. The molecule has 4 rings (SSSR count). The molecule has 0 atom stereocenters. The number of hydrazine groups is 3. The molecule has 5 nitrogen and oxygen atoms in total. The molecule has 2 amide bonds. The standard InChI is InChI=1S/C25H26N4O/c1-17-7-5-9-21(15-17)22-12-11-20(19(3)16-22)13-14-23-18(2)8-6-10-24(23)29-25(30)26-28(4)27-29/h5-16,27H,1-4H3,(H,26,30)/b14-13+. The second-order valence-electron chi connectivity index (χ2n) is 7.69. The summed E-state index contributed by atoms with van der Waals surface area (Å²) in [5, 5.41) is 3.05. The van der Waals surface area contributed by atoms with E-state index in [0.717, 1.165) is 22.4 Å². The van der Waals surface area contributed by atoms with Gasteiger partial charge >= 0.3 is 6.03 Å². The first kappa shape index (κ1) is 19.9. The quantitative estimate of drug-likeness (QED) is 0.591. The van der Waals surface area contributed by atoms with Crippen molar-refractivity contribution in [1.82, 2.24) is 16.1 Å². The number of rotatable bonds is 4. The van der Waals surface area contributed by atoms with Crippen LogP contribution in [0, 0.1) is 20.8 Å². The summed E-state index contributed by atoms with van der Waals surface area (Å²) in [5.74, 6) is 0. The molecule has 5 heteroatoms. The van der Waals surface area contributed by atoms with E-state index >= 15 is 0 Å². The molecule has 1 fully saturated rings. The summed E-state index contributed by atoms with van der Waals surface area (Å²) >= 11 is 0. The number of hydrogen-bond acceptors (Lipinski definition) is 3. The van der Waals surface area contributed by atoms with Crippen molar-refractivity contribution in [1.29, 1.82) is 0 Å². The largest absolute Gasteiger partial charge is 0.353 e. The van der Waals surface area contributed by atoms with Crippen LogP contribution in [0.25, 0.3) is 23.3 Å². The zero-order valence-corrected chi connectivity index (χ0v) is 17.7. The van der Waals surface area contributed by atoms with E-state index in [9.17, 15) is 4.79 Å². The van der Waals surface area contributed by atoms with E-state index in [-0.39, 0.29) is 6.03 Å². The van der Waals surface area contributed by atoms with Gasteiger partial charge in [-0.05, 0) is 54.7 Å². The predicted octanol–water partition coefficient (Wildman–Crippen LogP) is 5.25. The molecule has 3 aromatic carbocycles. The summed E-state index contributed by atoms with van der Waals surface area (Å²) in [6, 6.07) is 20.8. The average Bonchev–Trinajstić information content (AvgIpc) is 3.05. The van der Waals surface area contributed by atoms with Crippen LogP contribution in [0.5, 0.6) is 0 Å². The Morgan fingerprint density at radius 2 is 1.60 bits per heavy atom. The Bertz CT molecular complexity index is 1140. The van der Waals surface area contributed by atoms with Crippen LogP contribution in [-0.4, -0.2) is 18.2 Å². The van der Waals surface area contributed by atoms with Gasteiger partial charge in [0.25, 0.3) is 0 Å². The molecule has 30 heavy (non-hydrogen) atoms. The number of nitrogens with one attached hydrogen (secondary N) is 2. The van der Waals surface area contributed by atoms with Gasteiger partial charge in [-0.25, -0.2) is 9.80 Å². The number of urea groups is 1. The van der Waals surface area contributed by atoms with Gasteiger partial charge in [-0.15, -0.1) is 10.7 Å². The van der Waals surface area contributed by atoms with Gasteiger partial charge in [0.1, 0.15) is 0 Å². The molecule has 3 aromatic rings. The van der Waals surface area contributed by atoms with Gasteiger partial charge in [-0.2, -0.15) is 0 Å². The van der Waals surface area contributed by atoms with Crippen LogP contribution in [0.2, 0.25) is 0 Å². The molecule has 0 aliphatic carbocycles. The van der Waals surface area contributed by atoms with E-state index in [4.69, 9.17) is 0 Å². The zero-order valence-electron chi connectivity index (χ0n) is 17.7. The van der Waals surface area contributed by atoms with Gasteiger partial charge in [-0.3, -0.25) is 5.43 Å². The lowest BCUT2D eigenvalue weighted by molar-refractivity contribution is 0.217. The second kappa shape index (κ2) is 8.14. The fourth-order valence-electron chi connectivity index (χ4n) is 3.69. The van der Waals surface area contributed by atoms with Gasteiger partial charge < -0.3 is 0 Å². The summed E-state index contributed by atoms with van der Waals surface area (Å²) < 4.78 is 0. The van der Waals surface area contributed by atoms with Crippen LogP contribution < -0.4 is 16.0 Å². The number of hydrogen-bond donors (Lipinski definition) is 2.